The molecule has 0 unspecified atom stereocenters. The number of ether oxygens (including phenoxy) is 1. The van der Waals surface area contributed by atoms with Crippen LogP contribution in [0.3, 0.4) is 0 Å². The third kappa shape index (κ3) is 2.71. The van der Waals surface area contributed by atoms with Crippen molar-refractivity contribution < 1.29 is 4.74 Å². The quantitative estimate of drug-likeness (QED) is 0.759. The van der Waals surface area contributed by atoms with E-state index in [1.807, 2.05) is 6.07 Å². The highest BCUT2D eigenvalue weighted by Crippen LogP contribution is 2.19. The van der Waals surface area contributed by atoms with Gasteiger partial charge in [0.15, 0.2) is 0 Å². The zero-order valence-electron chi connectivity index (χ0n) is 7.25. The van der Waals surface area contributed by atoms with Gasteiger partial charge in [-0.3, -0.25) is 0 Å². The Morgan fingerprint density at radius 2 is 2.46 bits per heavy atom. The van der Waals surface area contributed by atoms with Crippen LogP contribution in [0, 0.1) is 6.57 Å². The van der Waals surface area contributed by atoms with Crippen molar-refractivity contribution in [1.29, 1.82) is 0 Å². The number of halogens is 1. The fourth-order valence-electron chi connectivity index (χ4n) is 1.01. The molecule has 0 saturated carbocycles. The molecule has 0 aliphatic carbocycles. The number of aromatic nitrogens is 1. The Morgan fingerprint density at radius 1 is 1.69 bits per heavy atom. The van der Waals surface area contributed by atoms with Crippen molar-refractivity contribution in [2.24, 2.45) is 0 Å². The average molecular weight is 241 g/mol. The van der Waals surface area contributed by atoms with Gasteiger partial charge >= 0.3 is 0 Å². The van der Waals surface area contributed by atoms with Crippen molar-refractivity contribution >= 4 is 15.9 Å². The SMILES string of the molecule is [C-]#[N+]CCc1cc(Br)cnc1OC. The van der Waals surface area contributed by atoms with Gasteiger partial charge in [0.05, 0.1) is 13.5 Å². The van der Waals surface area contributed by atoms with Gasteiger partial charge in [-0.2, -0.15) is 0 Å². The first kappa shape index (κ1) is 10.0. The van der Waals surface area contributed by atoms with Crippen LogP contribution in [0.1, 0.15) is 5.56 Å². The van der Waals surface area contributed by atoms with E-state index in [1.54, 1.807) is 13.3 Å². The molecule has 3 nitrogen and oxygen atoms in total. The lowest BCUT2D eigenvalue weighted by atomic mass is 10.2. The summed E-state index contributed by atoms with van der Waals surface area (Å²) in [6.45, 7) is 7.15. The molecule has 0 aliphatic rings. The second-order valence-corrected chi connectivity index (χ2v) is 3.37. The van der Waals surface area contributed by atoms with E-state index in [0.29, 0.717) is 18.8 Å². The molecular weight excluding hydrogens is 232 g/mol. The van der Waals surface area contributed by atoms with Crippen molar-refractivity contribution in [2.75, 3.05) is 13.7 Å². The Bertz CT molecular complexity index is 333. The molecule has 0 radical (unpaired) electrons. The van der Waals surface area contributed by atoms with Gasteiger partial charge in [-0.15, -0.1) is 0 Å². The zero-order valence-corrected chi connectivity index (χ0v) is 8.84. The predicted octanol–water partition coefficient (Wildman–Crippen LogP) is 2.31. The van der Waals surface area contributed by atoms with Gasteiger partial charge in [-0.25, -0.2) is 11.6 Å². The summed E-state index contributed by atoms with van der Waals surface area (Å²) in [4.78, 5) is 7.37. The molecule has 13 heavy (non-hydrogen) atoms. The summed E-state index contributed by atoms with van der Waals surface area (Å²) in [5.41, 5.74) is 0.966. The standard InChI is InChI=1S/C9H9BrN2O/c1-11-4-3-7-5-8(10)6-12-9(7)13-2/h5-6H,3-4H2,2H3. The summed E-state index contributed by atoms with van der Waals surface area (Å²) in [6.07, 6.45) is 2.36. The largest absolute Gasteiger partial charge is 0.481 e. The normalized spacial score (nSPS) is 9.31. The molecular formula is C9H9BrN2O. The first-order valence-electron chi connectivity index (χ1n) is 3.79. The van der Waals surface area contributed by atoms with E-state index in [9.17, 15) is 0 Å². The van der Waals surface area contributed by atoms with Gasteiger partial charge in [0.1, 0.15) is 0 Å². The molecule has 1 heterocycles. The zero-order chi connectivity index (χ0) is 9.68. The topological polar surface area (TPSA) is 26.5 Å². The minimum absolute atomic E-state index is 0.467. The molecule has 0 saturated heterocycles. The van der Waals surface area contributed by atoms with E-state index in [0.717, 1.165) is 10.0 Å². The fraction of sp³-hybridized carbons (Fsp3) is 0.333. The molecule has 0 aliphatic heterocycles. The van der Waals surface area contributed by atoms with Gasteiger partial charge in [-0.05, 0) is 22.0 Å². The Labute approximate surface area is 85.7 Å². The summed E-state index contributed by atoms with van der Waals surface area (Å²) >= 11 is 3.32. The highest BCUT2D eigenvalue weighted by atomic mass is 79.9. The van der Waals surface area contributed by atoms with E-state index < -0.39 is 0 Å². The van der Waals surface area contributed by atoms with Crippen LogP contribution < -0.4 is 4.74 Å². The molecule has 1 rings (SSSR count). The van der Waals surface area contributed by atoms with E-state index in [1.165, 1.54) is 0 Å². The first-order chi connectivity index (χ1) is 6.27. The predicted molar refractivity (Wildman–Crippen MR) is 53.7 cm³/mol. The maximum atomic E-state index is 6.69. The molecule has 0 aromatic carbocycles. The highest BCUT2D eigenvalue weighted by molar-refractivity contribution is 9.10. The monoisotopic (exact) mass is 240 g/mol. The van der Waals surface area contributed by atoms with Crippen molar-refractivity contribution in [3.63, 3.8) is 0 Å². The van der Waals surface area contributed by atoms with Crippen LogP contribution in [-0.4, -0.2) is 18.6 Å². The summed E-state index contributed by atoms with van der Waals surface area (Å²) in [7, 11) is 1.58. The lowest BCUT2D eigenvalue weighted by Crippen LogP contribution is -1.96. The van der Waals surface area contributed by atoms with E-state index in [-0.39, 0.29) is 0 Å². The van der Waals surface area contributed by atoms with Crippen LogP contribution in [0.4, 0.5) is 0 Å². The van der Waals surface area contributed by atoms with Gasteiger partial charge in [0, 0.05) is 16.2 Å². The fourth-order valence-corrected chi connectivity index (χ4v) is 1.39. The Balaban J connectivity index is 2.89. The third-order valence-corrected chi connectivity index (χ3v) is 2.01. The van der Waals surface area contributed by atoms with Crippen LogP contribution in [0.2, 0.25) is 0 Å². The number of hydrogen-bond acceptors (Lipinski definition) is 2. The van der Waals surface area contributed by atoms with Crippen LogP contribution >= 0.6 is 15.9 Å². The summed E-state index contributed by atoms with van der Waals surface area (Å²) in [5.74, 6) is 0.604. The molecule has 0 atom stereocenters. The Kier molecular flexibility index (Phi) is 3.71. The second-order valence-electron chi connectivity index (χ2n) is 2.45. The summed E-state index contributed by atoms with van der Waals surface area (Å²) < 4.78 is 5.97. The number of rotatable bonds is 3. The molecule has 1 aromatic heterocycles. The number of nitrogens with zero attached hydrogens (tertiary/aromatic N) is 2. The second kappa shape index (κ2) is 4.83. The van der Waals surface area contributed by atoms with E-state index in [4.69, 9.17) is 11.3 Å². The van der Waals surface area contributed by atoms with Crippen LogP contribution in [0.15, 0.2) is 16.7 Å². The van der Waals surface area contributed by atoms with Crippen LogP contribution in [0.25, 0.3) is 4.85 Å². The molecule has 1 aromatic rings. The molecule has 68 valence electrons. The van der Waals surface area contributed by atoms with Crippen molar-refractivity contribution in [3.05, 3.63) is 33.7 Å². The van der Waals surface area contributed by atoms with Crippen molar-refractivity contribution in [2.45, 2.75) is 6.42 Å². The smallest absolute Gasteiger partial charge is 0.218 e. The van der Waals surface area contributed by atoms with Crippen molar-refractivity contribution in [1.82, 2.24) is 4.98 Å². The van der Waals surface area contributed by atoms with Crippen LogP contribution in [-0.2, 0) is 6.42 Å². The van der Waals surface area contributed by atoms with Crippen LogP contribution in [0.5, 0.6) is 5.88 Å². The number of methoxy groups -OCH3 is 1. The van der Waals surface area contributed by atoms with Gasteiger partial charge in [-0.1, -0.05) is 0 Å². The minimum Gasteiger partial charge on any atom is -0.481 e. The van der Waals surface area contributed by atoms with Crippen molar-refractivity contribution in [3.8, 4) is 5.88 Å². The molecule has 0 amide bonds. The maximum absolute atomic E-state index is 6.69. The Hall–Kier alpha value is -1.08. The van der Waals surface area contributed by atoms with Gasteiger partial charge in [0.2, 0.25) is 12.4 Å². The molecule has 0 bridgehead atoms. The number of hydrogen-bond donors (Lipinski definition) is 0. The van der Waals surface area contributed by atoms with E-state index >= 15 is 0 Å². The maximum Gasteiger partial charge on any atom is 0.218 e. The lowest BCUT2D eigenvalue weighted by Gasteiger charge is -2.04. The first-order valence-corrected chi connectivity index (χ1v) is 4.59. The van der Waals surface area contributed by atoms with E-state index in [2.05, 4.69) is 25.8 Å². The summed E-state index contributed by atoms with van der Waals surface area (Å²) in [5, 5.41) is 0. The van der Waals surface area contributed by atoms with Gasteiger partial charge in [0.25, 0.3) is 0 Å². The molecule has 0 spiro atoms. The lowest BCUT2D eigenvalue weighted by molar-refractivity contribution is 0.392. The molecule has 4 heteroatoms. The number of pyridine rings is 1. The highest BCUT2D eigenvalue weighted by Gasteiger charge is 2.05. The molecule has 0 N–H and O–H groups in total. The average Bonchev–Trinajstić information content (AvgIpc) is 2.15. The summed E-state index contributed by atoms with van der Waals surface area (Å²) in [6, 6.07) is 1.93. The molecule has 0 fully saturated rings. The third-order valence-electron chi connectivity index (χ3n) is 1.58. The Morgan fingerprint density at radius 3 is 3.08 bits per heavy atom. The van der Waals surface area contributed by atoms with Gasteiger partial charge < -0.3 is 9.58 Å². The minimum atomic E-state index is 0.467.